The molecule has 0 saturated heterocycles. The normalized spacial score (nSPS) is 11.3. The zero-order valence-corrected chi connectivity index (χ0v) is 12.6. The zero-order chi connectivity index (χ0) is 16.4. The van der Waals surface area contributed by atoms with Gasteiger partial charge in [0.15, 0.2) is 0 Å². The van der Waals surface area contributed by atoms with Crippen molar-refractivity contribution >= 4 is 21.6 Å². The highest BCUT2D eigenvalue weighted by molar-refractivity contribution is 7.85. The molecular formula is C15H13N3O4S. The maximum Gasteiger partial charge on any atom is 0.294 e. The predicted octanol–water partition coefficient (Wildman–Crippen LogP) is 2.16. The maximum absolute atomic E-state index is 12.0. The highest BCUT2D eigenvalue weighted by Gasteiger charge is 2.10. The molecule has 0 aliphatic heterocycles. The summed E-state index contributed by atoms with van der Waals surface area (Å²) in [6.45, 7) is 0. The van der Waals surface area contributed by atoms with Crippen molar-refractivity contribution < 1.29 is 13.0 Å². The number of aromatic amines is 1. The lowest BCUT2D eigenvalue weighted by Gasteiger charge is -2.05. The van der Waals surface area contributed by atoms with Gasteiger partial charge in [-0.05, 0) is 36.4 Å². The third-order valence-electron chi connectivity index (χ3n) is 3.17. The van der Waals surface area contributed by atoms with E-state index in [1.807, 2.05) is 30.3 Å². The Morgan fingerprint density at radius 3 is 2.26 bits per heavy atom. The fourth-order valence-corrected chi connectivity index (χ4v) is 2.58. The smallest absolute Gasteiger partial charge is 0.294 e. The molecule has 118 valence electrons. The van der Waals surface area contributed by atoms with E-state index in [2.05, 4.69) is 10.4 Å². The molecule has 2 aromatic carbocycles. The first kappa shape index (κ1) is 15.1. The second-order valence-corrected chi connectivity index (χ2v) is 6.22. The topological polar surface area (TPSA) is 104 Å². The van der Waals surface area contributed by atoms with Crippen LogP contribution in [0.3, 0.4) is 0 Å². The number of hydrogen-bond acceptors (Lipinski definition) is 4. The summed E-state index contributed by atoms with van der Waals surface area (Å²) < 4.78 is 32.3. The fraction of sp³-hybridized carbons (Fsp3) is 0. The van der Waals surface area contributed by atoms with Gasteiger partial charge in [-0.25, -0.2) is 4.68 Å². The standard InChI is InChI=1S/C15H13N3O4S/c19-15-10-14(16-11-4-2-1-3-5-11)17-18(15)12-6-8-13(9-7-12)23(20,21)22/h1-10,16-17H,(H,20,21,22). The summed E-state index contributed by atoms with van der Waals surface area (Å²) in [7, 11) is -4.26. The molecular weight excluding hydrogens is 318 g/mol. The van der Waals surface area contributed by atoms with Gasteiger partial charge in [-0.2, -0.15) is 8.42 Å². The Morgan fingerprint density at radius 2 is 1.65 bits per heavy atom. The highest BCUT2D eigenvalue weighted by Crippen LogP contribution is 2.15. The molecule has 8 heteroatoms. The van der Waals surface area contributed by atoms with Crippen LogP contribution in [-0.4, -0.2) is 22.8 Å². The molecule has 0 saturated carbocycles. The molecule has 3 aromatic rings. The average Bonchev–Trinajstić information content (AvgIpc) is 2.88. The summed E-state index contributed by atoms with van der Waals surface area (Å²) in [5.74, 6) is 0.500. The van der Waals surface area contributed by atoms with Gasteiger partial charge in [0.2, 0.25) is 0 Å². The largest absolute Gasteiger partial charge is 0.341 e. The molecule has 7 nitrogen and oxygen atoms in total. The van der Waals surface area contributed by atoms with E-state index in [1.165, 1.54) is 35.0 Å². The molecule has 0 amide bonds. The van der Waals surface area contributed by atoms with Gasteiger partial charge in [-0.15, -0.1) is 0 Å². The van der Waals surface area contributed by atoms with Crippen molar-refractivity contribution in [1.82, 2.24) is 9.78 Å². The lowest BCUT2D eigenvalue weighted by Crippen LogP contribution is -2.13. The summed E-state index contributed by atoms with van der Waals surface area (Å²) in [5.41, 5.74) is 0.967. The lowest BCUT2D eigenvalue weighted by molar-refractivity contribution is 0.483. The van der Waals surface area contributed by atoms with Gasteiger partial charge in [0, 0.05) is 11.8 Å². The number of anilines is 2. The van der Waals surface area contributed by atoms with E-state index in [1.54, 1.807) is 0 Å². The molecule has 23 heavy (non-hydrogen) atoms. The van der Waals surface area contributed by atoms with Crippen LogP contribution < -0.4 is 10.9 Å². The van der Waals surface area contributed by atoms with Crippen molar-refractivity contribution in [1.29, 1.82) is 0 Å². The number of benzene rings is 2. The quantitative estimate of drug-likeness (QED) is 0.636. The Kier molecular flexibility index (Phi) is 3.77. The van der Waals surface area contributed by atoms with E-state index in [0.29, 0.717) is 11.5 Å². The third kappa shape index (κ3) is 3.33. The molecule has 3 rings (SSSR count). The van der Waals surface area contributed by atoms with Crippen LogP contribution >= 0.6 is 0 Å². The van der Waals surface area contributed by atoms with Crippen molar-refractivity contribution in [2.24, 2.45) is 0 Å². The number of aromatic nitrogens is 2. The molecule has 3 N–H and O–H groups in total. The second-order valence-electron chi connectivity index (χ2n) is 4.80. The van der Waals surface area contributed by atoms with Gasteiger partial charge in [0.05, 0.1) is 10.6 Å². The van der Waals surface area contributed by atoms with Crippen LogP contribution in [0.25, 0.3) is 5.69 Å². The SMILES string of the molecule is O=c1cc(Nc2ccccc2)[nH]n1-c1ccc(S(=O)(=O)O)cc1. The Balaban J connectivity index is 1.91. The van der Waals surface area contributed by atoms with Crippen LogP contribution in [-0.2, 0) is 10.1 Å². The molecule has 0 bridgehead atoms. The molecule has 0 unspecified atom stereocenters. The summed E-state index contributed by atoms with van der Waals surface area (Å²) in [6, 6.07) is 16.0. The Morgan fingerprint density at radius 1 is 1.00 bits per heavy atom. The lowest BCUT2D eigenvalue weighted by atomic mass is 10.3. The Hall–Kier alpha value is -2.84. The van der Waals surface area contributed by atoms with Gasteiger partial charge in [-0.3, -0.25) is 14.4 Å². The minimum Gasteiger partial charge on any atom is -0.341 e. The number of nitrogens with one attached hydrogen (secondary N) is 2. The Bertz CT molecular complexity index is 974. The van der Waals surface area contributed by atoms with Crippen molar-refractivity contribution in [3.05, 3.63) is 71.0 Å². The second kappa shape index (κ2) is 5.75. The van der Waals surface area contributed by atoms with Gasteiger partial charge < -0.3 is 5.32 Å². The summed E-state index contributed by atoms with van der Waals surface area (Å²) in [6.07, 6.45) is 0. The monoisotopic (exact) mass is 331 g/mol. The van der Waals surface area contributed by atoms with E-state index < -0.39 is 10.1 Å². The number of para-hydroxylation sites is 1. The van der Waals surface area contributed by atoms with Crippen LogP contribution in [0.15, 0.2) is 70.4 Å². The van der Waals surface area contributed by atoms with E-state index in [4.69, 9.17) is 4.55 Å². The first-order chi connectivity index (χ1) is 10.9. The van der Waals surface area contributed by atoms with Gasteiger partial charge >= 0.3 is 0 Å². The van der Waals surface area contributed by atoms with Gasteiger partial charge in [0.1, 0.15) is 5.82 Å². The summed E-state index contributed by atoms with van der Waals surface area (Å²) in [5, 5.41) is 5.94. The van der Waals surface area contributed by atoms with Crippen LogP contribution in [0.4, 0.5) is 11.5 Å². The van der Waals surface area contributed by atoms with E-state index in [0.717, 1.165) is 5.69 Å². The average molecular weight is 331 g/mol. The molecule has 0 aliphatic rings. The third-order valence-corrected chi connectivity index (χ3v) is 4.03. The molecule has 1 aromatic heterocycles. The zero-order valence-electron chi connectivity index (χ0n) is 11.8. The van der Waals surface area contributed by atoms with Crippen LogP contribution in [0.2, 0.25) is 0 Å². The van der Waals surface area contributed by atoms with Crippen molar-refractivity contribution in [3.8, 4) is 5.69 Å². The van der Waals surface area contributed by atoms with Crippen molar-refractivity contribution in [2.45, 2.75) is 4.90 Å². The van der Waals surface area contributed by atoms with Crippen molar-refractivity contribution in [2.75, 3.05) is 5.32 Å². The molecule has 0 spiro atoms. The van der Waals surface area contributed by atoms with E-state index in [9.17, 15) is 13.2 Å². The summed E-state index contributed by atoms with van der Waals surface area (Å²) in [4.78, 5) is 11.8. The molecule has 0 fully saturated rings. The maximum atomic E-state index is 12.0. The number of hydrogen-bond donors (Lipinski definition) is 3. The summed E-state index contributed by atoms with van der Waals surface area (Å²) >= 11 is 0. The number of rotatable bonds is 4. The van der Waals surface area contributed by atoms with Gasteiger partial charge in [0.25, 0.3) is 15.7 Å². The van der Waals surface area contributed by atoms with E-state index >= 15 is 0 Å². The van der Waals surface area contributed by atoms with E-state index in [-0.39, 0.29) is 10.5 Å². The van der Waals surface area contributed by atoms with Crippen LogP contribution in [0.1, 0.15) is 0 Å². The molecule has 1 heterocycles. The van der Waals surface area contributed by atoms with Crippen LogP contribution in [0.5, 0.6) is 0 Å². The van der Waals surface area contributed by atoms with Crippen molar-refractivity contribution in [3.63, 3.8) is 0 Å². The number of nitrogens with zero attached hydrogens (tertiary/aromatic N) is 1. The Labute approximate surface area is 131 Å². The minimum atomic E-state index is -4.26. The molecule has 0 atom stereocenters. The minimum absolute atomic E-state index is 0.233. The molecule has 0 radical (unpaired) electrons. The fourth-order valence-electron chi connectivity index (χ4n) is 2.10. The van der Waals surface area contributed by atoms with Gasteiger partial charge in [-0.1, -0.05) is 18.2 Å². The highest BCUT2D eigenvalue weighted by atomic mass is 32.2. The number of H-pyrrole nitrogens is 1. The van der Waals surface area contributed by atoms with Crippen LogP contribution in [0, 0.1) is 0 Å². The first-order valence-electron chi connectivity index (χ1n) is 6.65. The predicted molar refractivity (Wildman–Crippen MR) is 85.9 cm³/mol. The first-order valence-corrected chi connectivity index (χ1v) is 8.09. The molecule has 0 aliphatic carbocycles.